The molecule has 0 N–H and O–H groups in total. The molecule has 0 radical (unpaired) electrons. The van der Waals surface area contributed by atoms with E-state index in [0.29, 0.717) is 5.69 Å². The van der Waals surface area contributed by atoms with Crippen molar-refractivity contribution in [1.82, 2.24) is 14.9 Å². The van der Waals surface area contributed by atoms with Crippen LogP contribution in [0.25, 0.3) is 0 Å². The summed E-state index contributed by atoms with van der Waals surface area (Å²) < 4.78 is 0. The van der Waals surface area contributed by atoms with Crippen LogP contribution in [0, 0.1) is 0 Å². The van der Waals surface area contributed by atoms with Gasteiger partial charge in [0.25, 0.3) is 5.91 Å². The Hall–Kier alpha value is -1.45. The Bertz CT molecular complexity index is 369. The first-order valence-electron chi connectivity index (χ1n) is 8.34. The molecule has 0 saturated carbocycles. The molecule has 0 unspecified atom stereocenters. The molecule has 21 heavy (non-hydrogen) atoms. The van der Waals surface area contributed by atoms with Crippen molar-refractivity contribution in [1.29, 1.82) is 0 Å². The molecule has 0 saturated heterocycles. The summed E-state index contributed by atoms with van der Waals surface area (Å²) in [5.74, 6) is 0.0242. The highest BCUT2D eigenvalue weighted by atomic mass is 16.2. The highest BCUT2D eigenvalue weighted by Gasteiger charge is 2.16. The molecule has 1 heterocycles. The van der Waals surface area contributed by atoms with Gasteiger partial charge in [-0.2, -0.15) is 0 Å². The quantitative estimate of drug-likeness (QED) is 0.577. The fourth-order valence-corrected chi connectivity index (χ4v) is 2.35. The standard InChI is InChI=1S/C17H29N3O/c1-3-5-7-9-13-20(14-10-8-6-4-2)17(21)16-15-18-11-12-19-16/h11-12,15H,3-10,13-14H2,1-2H3. The molecule has 0 spiro atoms. The smallest absolute Gasteiger partial charge is 0.274 e. The summed E-state index contributed by atoms with van der Waals surface area (Å²) in [5.41, 5.74) is 0.462. The van der Waals surface area contributed by atoms with Crippen LogP contribution in [-0.2, 0) is 0 Å². The number of carbonyl (C=O) groups is 1. The Kier molecular flexibility index (Phi) is 9.42. The van der Waals surface area contributed by atoms with Gasteiger partial charge in [0.05, 0.1) is 6.20 Å². The van der Waals surface area contributed by atoms with Gasteiger partial charge in [0.1, 0.15) is 5.69 Å². The Balaban J connectivity index is 2.51. The molecule has 4 heteroatoms. The van der Waals surface area contributed by atoms with E-state index in [-0.39, 0.29) is 5.91 Å². The van der Waals surface area contributed by atoms with E-state index in [4.69, 9.17) is 0 Å². The molecular formula is C17H29N3O. The Morgan fingerprint density at radius 1 is 0.952 bits per heavy atom. The maximum atomic E-state index is 12.5. The zero-order valence-corrected chi connectivity index (χ0v) is 13.6. The summed E-state index contributed by atoms with van der Waals surface area (Å²) in [6.45, 7) is 6.07. The monoisotopic (exact) mass is 291 g/mol. The Morgan fingerprint density at radius 2 is 1.57 bits per heavy atom. The Labute approximate surface area is 129 Å². The molecule has 1 aromatic rings. The molecule has 118 valence electrons. The molecule has 0 aromatic carbocycles. The second kappa shape index (κ2) is 11.2. The van der Waals surface area contributed by atoms with Crippen LogP contribution >= 0.6 is 0 Å². The largest absolute Gasteiger partial charge is 0.337 e. The number of amides is 1. The number of hydrogen-bond acceptors (Lipinski definition) is 3. The summed E-state index contributed by atoms with van der Waals surface area (Å²) in [6, 6.07) is 0. The molecule has 0 atom stereocenters. The van der Waals surface area contributed by atoms with Crippen LogP contribution < -0.4 is 0 Å². The molecule has 0 fully saturated rings. The highest BCUT2D eigenvalue weighted by molar-refractivity contribution is 5.91. The van der Waals surface area contributed by atoms with E-state index < -0.39 is 0 Å². The Morgan fingerprint density at radius 3 is 2.05 bits per heavy atom. The van der Waals surface area contributed by atoms with Gasteiger partial charge >= 0.3 is 0 Å². The highest BCUT2D eigenvalue weighted by Crippen LogP contribution is 2.08. The number of carbonyl (C=O) groups excluding carboxylic acids is 1. The lowest BCUT2D eigenvalue weighted by Gasteiger charge is -2.22. The second-order valence-corrected chi connectivity index (χ2v) is 5.50. The lowest BCUT2D eigenvalue weighted by atomic mass is 10.1. The van der Waals surface area contributed by atoms with Gasteiger partial charge in [-0.25, -0.2) is 4.98 Å². The van der Waals surface area contributed by atoms with E-state index in [9.17, 15) is 4.79 Å². The summed E-state index contributed by atoms with van der Waals surface area (Å²) in [7, 11) is 0. The van der Waals surface area contributed by atoms with Gasteiger partial charge in [-0.05, 0) is 12.8 Å². The third-order valence-corrected chi connectivity index (χ3v) is 3.63. The van der Waals surface area contributed by atoms with E-state index >= 15 is 0 Å². The van der Waals surface area contributed by atoms with Crippen molar-refractivity contribution in [2.45, 2.75) is 65.2 Å². The first-order valence-corrected chi connectivity index (χ1v) is 8.34. The van der Waals surface area contributed by atoms with Gasteiger partial charge in [-0.3, -0.25) is 9.78 Å². The van der Waals surface area contributed by atoms with Crippen molar-refractivity contribution in [2.24, 2.45) is 0 Å². The molecule has 1 rings (SSSR count). The van der Waals surface area contributed by atoms with Crippen molar-refractivity contribution in [3.8, 4) is 0 Å². The van der Waals surface area contributed by atoms with E-state index in [1.54, 1.807) is 18.6 Å². The average molecular weight is 291 g/mol. The minimum atomic E-state index is 0.0242. The summed E-state index contributed by atoms with van der Waals surface area (Å²) in [6.07, 6.45) is 14.2. The fourth-order valence-electron chi connectivity index (χ4n) is 2.35. The van der Waals surface area contributed by atoms with Crippen molar-refractivity contribution in [3.05, 3.63) is 24.3 Å². The molecule has 1 amide bonds. The first kappa shape index (κ1) is 17.6. The van der Waals surface area contributed by atoms with E-state index in [2.05, 4.69) is 23.8 Å². The summed E-state index contributed by atoms with van der Waals surface area (Å²) in [4.78, 5) is 22.6. The number of hydrogen-bond donors (Lipinski definition) is 0. The lowest BCUT2D eigenvalue weighted by molar-refractivity contribution is 0.0743. The number of aromatic nitrogens is 2. The van der Waals surface area contributed by atoms with E-state index in [0.717, 1.165) is 25.9 Å². The average Bonchev–Trinajstić information content (AvgIpc) is 2.53. The van der Waals surface area contributed by atoms with Crippen molar-refractivity contribution >= 4 is 5.91 Å². The normalized spacial score (nSPS) is 10.6. The molecule has 1 aromatic heterocycles. The zero-order chi connectivity index (χ0) is 15.3. The summed E-state index contributed by atoms with van der Waals surface area (Å²) >= 11 is 0. The van der Waals surface area contributed by atoms with Crippen LogP contribution in [0.2, 0.25) is 0 Å². The minimum Gasteiger partial charge on any atom is -0.337 e. The van der Waals surface area contributed by atoms with Crippen molar-refractivity contribution in [3.63, 3.8) is 0 Å². The van der Waals surface area contributed by atoms with E-state index in [1.165, 1.54) is 38.5 Å². The third kappa shape index (κ3) is 7.21. The van der Waals surface area contributed by atoms with Gasteiger partial charge in [0.2, 0.25) is 0 Å². The molecule has 0 aliphatic carbocycles. The maximum absolute atomic E-state index is 12.5. The predicted molar refractivity (Wildman–Crippen MR) is 86.2 cm³/mol. The molecule has 4 nitrogen and oxygen atoms in total. The topological polar surface area (TPSA) is 46.1 Å². The molecular weight excluding hydrogens is 262 g/mol. The molecule has 0 aliphatic heterocycles. The number of nitrogens with zero attached hydrogens (tertiary/aromatic N) is 3. The predicted octanol–water partition coefficient (Wildman–Crippen LogP) is 4.08. The number of rotatable bonds is 11. The minimum absolute atomic E-state index is 0.0242. The second-order valence-electron chi connectivity index (χ2n) is 5.50. The van der Waals surface area contributed by atoms with Crippen LogP contribution in [0.15, 0.2) is 18.6 Å². The third-order valence-electron chi connectivity index (χ3n) is 3.63. The zero-order valence-electron chi connectivity index (χ0n) is 13.6. The number of unbranched alkanes of at least 4 members (excludes halogenated alkanes) is 6. The van der Waals surface area contributed by atoms with Crippen LogP contribution in [0.5, 0.6) is 0 Å². The van der Waals surface area contributed by atoms with Gasteiger partial charge in [0, 0.05) is 25.5 Å². The van der Waals surface area contributed by atoms with Crippen molar-refractivity contribution in [2.75, 3.05) is 13.1 Å². The SMILES string of the molecule is CCCCCCN(CCCCCC)C(=O)c1cnccn1. The van der Waals surface area contributed by atoms with Gasteiger partial charge in [-0.1, -0.05) is 52.4 Å². The molecule has 0 bridgehead atoms. The van der Waals surface area contributed by atoms with Crippen molar-refractivity contribution < 1.29 is 4.79 Å². The summed E-state index contributed by atoms with van der Waals surface area (Å²) in [5, 5.41) is 0. The van der Waals surface area contributed by atoms with Crippen LogP contribution in [0.1, 0.15) is 75.7 Å². The fraction of sp³-hybridized carbons (Fsp3) is 0.706. The lowest BCUT2D eigenvalue weighted by Crippen LogP contribution is -2.33. The van der Waals surface area contributed by atoms with Crippen LogP contribution in [0.3, 0.4) is 0 Å². The first-order chi connectivity index (χ1) is 10.3. The van der Waals surface area contributed by atoms with Crippen LogP contribution in [-0.4, -0.2) is 33.9 Å². The van der Waals surface area contributed by atoms with Gasteiger partial charge in [0.15, 0.2) is 0 Å². The van der Waals surface area contributed by atoms with Gasteiger partial charge < -0.3 is 4.90 Å². The van der Waals surface area contributed by atoms with Gasteiger partial charge in [-0.15, -0.1) is 0 Å². The maximum Gasteiger partial charge on any atom is 0.274 e. The van der Waals surface area contributed by atoms with Crippen LogP contribution in [0.4, 0.5) is 0 Å². The molecule has 0 aliphatic rings. The van der Waals surface area contributed by atoms with E-state index in [1.807, 2.05) is 4.90 Å².